The van der Waals surface area contributed by atoms with E-state index in [9.17, 15) is 0 Å². The predicted molar refractivity (Wildman–Crippen MR) is 60.9 cm³/mol. The second kappa shape index (κ2) is 5.41. The molecule has 0 spiro atoms. The molecule has 1 N–H and O–H groups in total. The summed E-state index contributed by atoms with van der Waals surface area (Å²) in [7, 11) is 0. The van der Waals surface area contributed by atoms with Crippen molar-refractivity contribution >= 4 is 0 Å². The molecule has 1 fully saturated rings. The lowest BCUT2D eigenvalue weighted by molar-refractivity contribution is -0.0280. The molecule has 1 aliphatic rings. The van der Waals surface area contributed by atoms with Gasteiger partial charge in [-0.3, -0.25) is 4.90 Å². The van der Waals surface area contributed by atoms with Crippen LogP contribution in [0.15, 0.2) is 6.20 Å². The van der Waals surface area contributed by atoms with Gasteiger partial charge in [0.05, 0.1) is 24.1 Å². The van der Waals surface area contributed by atoms with Gasteiger partial charge in [0.1, 0.15) is 0 Å². The number of nitrogens with zero attached hydrogens (tertiary/aromatic N) is 3. The van der Waals surface area contributed by atoms with Gasteiger partial charge in [0, 0.05) is 19.6 Å². The van der Waals surface area contributed by atoms with Crippen molar-refractivity contribution in [3.8, 4) is 0 Å². The molecule has 5 heteroatoms. The van der Waals surface area contributed by atoms with Crippen LogP contribution in [0.1, 0.15) is 32.4 Å². The topological polar surface area (TPSA) is 54.0 Å². The van der Waals surface area contributed by atoms with Crippen molar-refractivity contribution in [2.24, 2.45) is 0 Å². The molecule has 0 aliphatic carbocycles. The third-order valence-corrected chi connectivity index (χ3v) is 2.85. The van der Waals surface area contributed by atoms with E-state index in [2.05, 4.69) is 34.2 Å². The number of ether oxygens (including phenoxy) is 1. The molecular weight excluding hydrogens is 204 g/mol. The summed E-state index contributed by atoms with van der Waals surface area (Å²) in [6.07, 6.45) is 4.81. The molecule has 0 unspecified atom stereocenters. The third kappa shape index (κ3) is 3.28. The van der Waals surface area contributed by atoms with Gasteiger partial charge in [-0.2, -0.15) is 15.4 Å². The van der Waals surface area contributed by atoms with E-state index in [1.165, 1.54) is 0 Å². The van der Waals surface area contributed by atoms with Gasteiger partial charge in [-0.25, -0.2) is 0 Å². The van der Waals surface area contributed by atoms with Gasteiger partial charge in [0.15, 0.2) is 0 Å². The molecule has 5 nitrogen and oxygen atoms in total. The fraction of sp³-hybridized carbons (Fsp3) is 0.818. The first-order valence-electron chi connectivity index (χ1n) is 5.96. The SMILES string of the molecule is CC(C)OC1CCN(Cc2cn[nH]n2)CC1. The zero-order chi connectivity index (χ0) is 11.4. The highest BCUT2D eigenvalue weighted by Gasteiger charge is 2.20. The van der Waals surface area contributed by atoms with E-state index in [4.69, 9.17) is 4.74 Å². The zero-order valence-electron chi connectivity index (χ0n) is 10.0. The number of hydrogen-bond acceptors (Lipinski definition) is 4. The van der Waals surface area contributed by atoms with Gasteiger partial charge >= 0.3 is 0 Å². The van der Waals surface area contributed by atoms with Crippen LogP contribution in [0.5, 0.6) is 0 Å². The minimum Gasteiger partial charge on any atom is -0.375 e. The number of rotatable bonds is 4. The number of aromatic amines is 1. The van der Waals surface area contributed by atoms with Crippen LogP contribution in [0.25, 0.3) is 0 Å². The van der Waals surface area contributed by atoms with Crippen molar-refractivity contribution in [1.82, 2.24) is 20.3 Å². The van der Waals surface area contributed by atoms with E-state index in [1.807, 2.05) is 0 Å². The van der Waals surface area contributed by atoms with Gasteiger partial charge < -0.3 is 4.74 Å². The summed E-state index contributed by atoms with van der Waals surface area (Å²) in [5, 5.41) is 10.5. The molecule has 0 aromatic carbocycles. The van der Waals surface area contributed by atoms with Gasteiger partial charge in [0.25, 0.3) is 0 Å². The van der Waals surface area contributed by atoms with Crippen molar-refractivity contribution in [2.75, 3.05) is 13.1 Å². The summed E-state index contributed by atoms with van der Waals surface area (Å²) < 4.78 is 5.81. The molecule has 0 atom stereocenters. The Morgan fingerprint density at radius 1 is 1.50 bits per heavy atom. The number of nitrogens with one attached hydrogen (secondary N) is 1. The molecule has 1 saturated heterocycles. The van der Waals surface area contributed by atoms with Gasteiger partial charge in [0.2, 0.25) is 0 Å². The molecule has 0 amide bonds. The summed E-state index contributed by atoms with van der Waals surface area (Å²) in [6, 6.07) is 0. The molecule has 1 aromatic heterocycles. The summed E-state index contributed by atoms with van der Waals surface area (Å²) in [4.78, 5) is 2.40. The molecule has 2 heterocycles. The molecule has 90 valence electrons. The normalized spacial score (nSPS) is 19.4. The lowest BCUT2D eigenvalue weighted by Crippen LogP contribution is -2.37. The van der Waals surface area contributed by atoms with Crippen molar-refractivity contribution in [3.05, 3.63) is 11.9 Å². The van der Waals surface area contributed by atoms with Crippen LogP contribution in [-0.4, -0.2) is 45.6 Å². The van der Waals surface area contributed by atoms with Crippen molar-refractivity contribution in [2.45, 2.75) is 45.4 Å². The lowest BCUT2D eigenvalue weighted by Gasteiger charge is -2.32. The third-order valence-electron chi connectivity index (χ3n) is 2.85. The number of likely N-dealkylation sites (tertiary alicyclic amines) is 1. The monoisotopic (exact) mass is 224 g/mol. The Kier molecular flexibility index (Phi) is 3.90. The molecule has 16 heavy (non-hydrogen) atoms. The molecule has 1 aliphatic heterocycles. The van der Waals surface area contributed by atoms with Gasteiger partial charge in [-0.15, -0.1) is 0 Å². The largest absolute Gasteiger partial charge is 0.375 e. The van der Waals surface area contributed by atoms with Gasteiger partial charge in [-0.1, -0.05) is 0 Å². The van der Waals surface area contributed by atoms with Crippen LogP contribution in [-0.2, 0) is 11.3 Å². The fourth-order valence-corrected chi connectivity index (χ4v) is 2.12. The molecule has 0 bridgehead atoms. The first-order chi connectivity index (χ1) is 7.74. The summed E-state index contributed by atoms with van der Waals surface area (Å²) >= 11 is 0. The quantitative estimate of drug-likeness (QED) is 0.834. The smallest absolute Gasteiger partial charge is 0.0964 e. The lowest BCUT2D eigenvalue weighted by atomic mass is 10.1. The maximum Gasteiger partial charge on any atom is 0.0964 e. The second-order valence-electron chi connectivity index (χ2n) is 4.62. The standard InChI is InChI=1S/C11H20N4O/c1-9(2)16-11-3-5-15(6-4-11)8-10-7-12-14-13-10/h7,9,11H,3-6,8H2,1-2H3,(H,12,13,14). The predicted octanol–water partition coefficient (Wildman–Crippen LogP) is 1.19. The average molecular weight is 224 g/mol. The van der Waals surface area contributed by atoms with E-state index in [0.717, 1.165) is 38.2 Å². The minimum absolute atomic E-state index is 0.340. The van der Waals surface area contributed by atoms with E-state index < -0.39 is 0 Å². The Morgan fingerprint density at radius 3 is 2.81 bits per heavy atom. The first kappa shape index (κ1) is 11.5. The Bertz CT molecular complexity index is 291. The van der Waals surface area contributed by atoms with Crippen LogP contribution >= 0.6 is 0 Å². The zero-order valence-corrected chi connectivity index (χ0v) is 10.0. The number of aromatic nitrogens is 3. The Hall–Kier alpha value is -0.940. The van der Waals surface area contributed by atoms with Crippen LogP contribution in [0.3, 0.4) is 0 Å². The van der Waals surface area contributed by atoms with E-state index in [1.54, 1.807) is 6.20 Å². The van der Waals surface area contributed by atoms with Gasteiger partial charge in [-0.05, 0) is 26.7 Å². The van der Waals surface area contributed by atoms with Crippen LogP contribution in [0.2, 0.25) is 0 Å². The summed E-state index contributed by atoms with van der Waals surface area (Å²) in [5.41, 5.74) is 1.02. The molecule has 1 aromatic rings. The van der Waals surface area contributed by atoms with Crippen molar-refractivity contribution in [3.63, 3.8) is 0 Å². The maximum atomic E-state index is 5.81. The Balaban J connectivity index is 1.73. The molecular formula is C11H20N4O. The molecule has 2 rings (SSSR count). The van der Waals surface area contributed by atoms with E-state index >= 15 is 0 Å². The summed E-state index contributed by atoms with van der Waals surface area (Å²) in [6.45, 7) is 7.27. The highest BCUT2D eigenvalue weighted by molar-refractivity contribution is 4.91. The average Bonchev–Trinajstić information content (AvgIpc) is 2.73. The molecule has 0 radical (unpaired) electrons. The first-order valence-corrected chi connectivity index (χ1v) is 5.96. The second-order valence-corrected chi connectivity index (χ2v) is 4.62. The highest BCUT2D eigenvalue weighted by atomic mass is 16.5. The number of hydrogen-bond donors (Lipinski definition) is 1. The fourth-order valence-electron chi connectivity index (χ4n) is 2.12. The minimum atomic E-state index is 0.340. The van der Waals surface area contributed by atoms with Crippen LogP contribution < -0.4 is 0 Å². The van der Waals surface area contributed by atoms with Crippen molar-refractivity contribution < 1.29 is 4.74 Å². The number of H-pyrrole nitrogens is 1. The van der Waals surface area contributed by atoms with E-state index in [0.29, 0.717) is 12.2 Å². The van der Waals surface area contributed by atoms with Crippen molar-refractivity contribution in [1.29, 1.82) is 0 Å². The highest BCUT2D eigenvalue weighted by Crippen LogP contribution is 2.16. The van der Waals surface area contributed by atoms with E-state index in [-0.39, 0.29) is 0 Å². The number of piperidine rings is 1. The van der Waals surface area contributed by atoms with Crippen LogP contribution in [0, 0.1) is 0 Å². The summed E-state index contributed by atoms with van der Waals surface area (Å²) in [5.74, 6) is 0. The van der Waals surface area contributed by atoms with Crippen LogP contribution in [0.4, 0.5) is 0 Å². The maximum absolute atomic E-state index is 5.81. The Labute approximate surface area is 96.2 Å². The molecule has 0 saturated carbocycles. The Morgan fingerprint density at radius 2 is 2.25 bits per heavy atom.